The molecule has 0 aromatic heterocycles. The number of nitrogens with one attached hydrogen (secondary N) is 1. The zero-order chi connectivity index (χ0) is 13.7. The molecule has 2 aliphatic rings. The van der Waals surface area contributed by atoms with Gasteiger partial charge in [-0.3, -0.25) is 4.90 Å². The molecule has 112 valence electrons. The van der Waals surface area contributed by atoms with Crippen molar-refractivity contribution in [3.8, 4) is 0 Å². The van der Waals surface area contributed by atoms with E-state index in [0.717, 1.165) is 44.2 Å². The first-order chi connectivity index (χ1) is 9.16. The van der Waals surface area contributed by atoms with E-state index < -0.39 is 0 Å². The van der Waals surface area contributed by atoms with Crippen molar-refractivity contribution in [1.29, 1.82) is 0 Å². The fourth-order valence-corrected chi connectivity index (χ4v) is 3.75. The van der Waals surface area contributed by atoms with E-state index in [9.17, 15) is 0 Å². The van der Waals surface area contributed by atoms with Gasteiger partial charge in [-0.05, 0) is 31.6 Å². The van der Waals surface area contributed by atoms with Gasteiger partial charge in [-0.2, -0.15) is 0 Å². The molecular formula is C16H32N2O. The summed E-state index contributed by atoms with van der Waals surface area (Å²) >= 11 is 0. The molecule has 3 heteroatoms. The molecule has 19 heavy (non-hydrogen) atoms. The highest BCUT2D eigenvalue weighted by Crippen LogP contribution is 2.30. The Morgan fingerprint density at radius 1 is 1.11 bits per heavy atom. The quantitative estimate of drug-likeness (QED) is 0.829. The number of rotatable bonds is 5. The van der Waals surface area contributed by atoms with E-state index in [1.165, 1.54) is 32.2 Å². The van der Waals surface area contributed by atoms with Crippen LogP contribution in [0.3, 0.4) is 0 Å². The van der Waals surface area contributed by atoms with Crippen LogP contribution in [0.25, 0.3) is 0 Å². The third-order valence-electron chi connectivity index (χ3n) is 4.81. The van der Waals surface area contributed by atoms with Crippen LogP contribution in [0, 0.1) is 11.8 Å². The molecular weight excluding hydrogens is 236 g/mol. The van der Waals surface area contributed by atoms with Crippen molar-refractivity contribution < 1.29 is 4.74 Å². The molecule has 0 bridgehead atoms. The largest absolute Gasteiger partial charge is 0.379 e. The molecule has 0 aromatic rings. The van der Waals surface area contributed by atoms with Crippen LogP contribution in [0.5, 0.6) is 0 Å². The minimum atomic E-state index is 0.599. The van der Waals surface area contributed by atoms with Gasteiger partial charge in [-0.25, -0.2) is 0 Å². The van der Waals surface area contributed by atoms with Gasteiger partial charge in [-0.15, -0.1) is 0 Å². The van der Waals surface area contributed by atoms with E-state index in [-0.39, 0.29) is 0 Å². The average Bonchev–Trinajstić information content (AvgIpc) is 2.40. The monoisotopic (exact) mass is 268 g/mol. The van der Waals surface area contributed by atoms with Crippen LogP contribution < -0.4 is 5.32 Å². The van der Waals surface area contributed by atoms with Gasteiger partial charge in [0.05, 0.1) is 13.2 Å². The number of morpholine rings is 1. The summed E-state index contributed by atoms with van der Waals surface area (Å²) in [5.74, 6) is 1.69. The summed E-state index contributed by atoms with van der Waals surface area (Å²) in [4.78, 5) is 2.54. The van der Waals surface area contributed by atoms with Crippen LogP contribution >= 0.6 is 0 Å². The van der Waals surface area contributed by atoms with Gasteiger partial charge in [-0.1, -0.05) is 26.7 Å². The van der Waals surface area contributed by atoms with Crippen LogP contribution in [0.15, 0.2) is 0 Å². The minimum absolute atomic E-state index is 0.599. The molecule has 1 saturated heterocycles. The highest BCUT2D eigenvalue weighted by atomic mass is 16.5. The van der Waals surface area contributed by atoms with Gasteiger partial charge in [0.15, 0.2) is 0 Å². The maximum absolute atomic E-state index is 5.42. The second-order valence-corrected chi connectivity index (χ2v) is 6.78. The minimum Gasteiger partial charge on any atom is -0.379 e. The van der Waals surface area contributed by atoms with E-state index in [4.69, 9.17) is 4.74 Å². The Balaban J connectivity index is 1.77. The fraction of sp³-hybridized carbons (Fsp3) is 1.00. The van der Waals surface area contributed by atoms with Crippen LogP contribution in [0.1, 0.15) is 46.5 Å². The molecule has 0 amide bonds. The summed E-state index contributed by atoms with van der Waals surface area (Å²) in [6, 6.07) is 1.34. The average molecular weight is 268 g/mol. The van der Waals surface area contributed by atoms with Gasteiger partial charge in [0, 0.05) is 31.7 Å². The Bertz CT molecular complexity index is 251. The summed E-state index contributed by atoms with van der Waals surface area (Å²) < 4.78 is 5.42. The number of hydrogen-bond donors (Lipinski definition) is 1. The molecule has 3 atom stereocenters. The van der Waals surface area contributed by atoms with Crippen molar-refractivity contribution in [2.45, 2.75) is 58.5 Å². The summed E-state index contributed by atoms with van der Waals surface area (Å²) in [5, 5.41) is 3.92. The van der Waals surface area contributed by atoms with E-state index >= 15 is 0 Å². The van der Waals surface area contributed by atoms with E-state index in [0.29, 0.717) is 6.04 Å². The summed E-state index contributed by atoms with van der Waals surface area (Å²) in [6.45, 7) is 12.3. The van der Waals surface area contributed by atoms with Crippen molar-refractivity contribution in [1.82, 2.24) is 10.2 Å². The molecule has 3 unspecified atom stereocenters. The molecule has 1 saturated carbocycles. The lowest BCUT2D eigenvalue weighted by Gasteiger charge is -2.38. The van der Waals surface area contributed by atoms with Gasteiger partial charge in [0.25, 0.3) is 0 Å². The zero-order valence-corrected chi connectivity index (χ0v) is 13.0. The molecule has 1 aliphatic heterocycles. The molecule has 0 aromatic carbocycles. The van der Waals surface area contributed by atoms with Crippen LogP contribution in [-0.2, 0) is 4.74 Å². The molecule has 2 rings (SSSR count). The maximum atomic E-state index is 5.42. The maximum Gasteiger partial charge on any atom is 0.0594 e. The molecule has 1 N–H and O–H groups in total. The Kier molecular flexibility index (Phi) is 6.11. The number of hydrogen-bond acceptors (Lipinski definition) is 3. The van der Waals surface area contributed by atoms with Gasteiger partial charge in [0.2, 0.25) is 0 Å². The lowest BCUT2D eigenvalue weighted by Crippen LogP contribution is -2.50. The standard InChI is InChI=1S/C16H32N2O/c1-13(2)15-6-4-5-7-16(15)17-14(3)12-18-8-10-19-11-9-18/h13-17H,4-12H2,1-3H3. The summed E-state index contributed by atoms with van der Waals surface area (Å²) in [5.41, 5.74) is 0. The lowest BCUT2D eigenvalue weighted by molar-refractivity contribution is 0.0326. The topological polar surface area (TPSA) is 24.5 Å². The molecule has 1 aliphatic carbocycles. The van der Waals surface area contributed by atoms with Gasteiger partial charge >= 0.3 is 0 Å². The second-order valence-electron chi connectivity index (χ2n) is 6.78. The molecule has 3 nitrogen and oxygen atoms in total. The second kappa shape index (κ2) is 7.61. The Morgan fingerprint density at radius 2 is 1.79 bits per heavy atom. The van der Waals surface area contributed by atoms with Crippen LogP contribution in [0.4, 0.5) is 0 Å². The number of ether oxygens (including phenoxy) is 1. The van der Waals surface area contributed by atoms with E-state index in [1.54, 1.807) is 0 Å². The predicted molar refractivity (Wildman–Crippen MR) is 80.4 cm³/mol. The van der Waals surface area contributed by atoms with Crippen molar-refractivity contribution >= 4 is 0 Å². The van der Waals surface area contributed by atoms with Crippen molar-refractivity contribution in [3.05, 3.63) is 0 Å². The number of nitrogens with zero attached hydrogens (tertiary/aromatic N) is 1. The van der Waals surface area contributed by atoms with Crippen LogP contribution in [0.2, 0.25) is 0 Å². The van der Waals surface area contributed by atoms with Crippen LogP contribution in [-0.4, -0.2) is 49.8 Å². The third-order valence-corrected chi connectivity index (χ3v) is 4.81. The third kappa shape index (κ3) is 4.73. The summed E-state index contributed by atoms with van der Waals surface area (Å²) in [7, 11) is 0. The lowest BCUT2D eigenvalue weighted by atomic mass is 9.77. The molecule has 0 radical (unpaired) electrons. The molecule has 0 spiro atoms. The smallest absolute Gasteiger partial charge is 0.0594 e. The zero-order valence-electron chi connectivity index (χ0n) is 13.0. The van der Waals surface area contributed by atoms with E-state index in [2.05, 4.69) is 31.0 Å². The Hall–Kier alpha value is -0.120. The Labute approximate surface area is 119 Å². The van der Waals surface area contributed by atoms with Gasteiger partial charge < -0.3 is 10.1 Å². The normalized spacial score (nSPS) is 31.6. The highest BCUT2D eigenvalue weighted by Gasteiger charge is 2.28. The molecule has 1 heterocycles. The SMILES string of the molecule is CC(CN1CCOCC1)NC1CCCCC1C(C)C. The first-order valence-corrected chi connectivity index (χ1v) is 8.23. The summed E-state index contributed by atoms with van der Waals surface area (Å²) in [6.07, 6.45) is 5.62. The first-order valence-electron chi connectivity index (χ1n) is 8.23. The fourth-order valence-electron chi connectivity index (χ4n) is 3.75. The molecule has 2 fully saturated rings. The van der Waals surface area contributed by atoms with Crippen molar-refractivity contribution in [2.75, 3.05) is 32.8 Å². The Morgan fingerprint density at radius 3 is 2.47 bits per heavy atom. The highest BCUT2D eigenvalue weighted by molar-refractivity contribution is 4.85. The van der Waals surface area contributed by atoms with Gasteiger partial charge in [0.1, 0.15) is 0 Å². The van der Waals surface area contributed by atoms with Crippen molar-refractivity contribution in [3.63, 3.8) is 0 Å². The van der Waals surface area contributed by atoms with E-state index in [1.807, 2.05) is 0 Å². The first kappa shape index (κ1) is 15.3. The predicted octanol–water partition coefficient (Wildman–Crippen LogP) is 2.51. The van der Waals surface area contributed by atoms with Crippen molar-refractivity contribution in [2.24, 2.45) is 11.8 Å².